The number of nitrogens with one attached hydrogen (secondary N) is 1. The Hall–Kier alpha value is -1.16. The minimum absolute atomic E-state index is 0.00352. The number of rotatable bonds is 3. The molecule has 94 valence electrons. The maximum Gasteiger partial charge on any atom is 0.280 e. The van der Waals surface area contributed by atoms with Gasteiger partial charge in [-0.2, -0.15) is 0 Å². The minimum atomic E-state index is -2.83. The molecule has 1 aromatic carbocycles. The fraction of sp³-hybridized carbons (Fsp3) is 0.538. The van der Waals surface area contributed by atoms with Crippen LogP contribution in [0.5, 0.6) is 5.75 Å². The van der Waals surface area contributed by atoms with Crippen molar-refractivity contribution >= 4 is 0 Å². The van der Waals surface area contributed by atoms with Crippen LogP contribution < -0.4 is 10.1 Å². The van der Waals surface area contributed by atoms with Crippen LogP contribution in [0.1, 0.15) is 18.4 Å². The summed E-state index contributed by atoms with van der Waals surface area (Å²) in [4.78, 5) is 0. The monoisotopic (exact) mass is 241 g/mol. The number of ether oxygens (including phenoxy) is 1. The van der Waals surface area contributed by atoms with Gasteiger partial charge in [0.05, 0.1) is 12.7 Å². The van der Waals surface area contributed by atoms with Crippen LogP contribution in [0.25, 0.3) is 0 Å². The average Bonchev–Trinajstić information content (AvgIpc) is 2.39. The molecule has 1 N–H and O–H groups in total. The molecular weight excluding hydrogens is 224 g/mol. The van der Waals surface area contributed by atoms with Crippen LogP contribution in [0, 0.1) is 5.92 Å². The van der Waals surface area contributed by atoms with E-state index in [1.807, 2.05) is 0 Å². The number of alkyl halides is 2. The van der Waals surface area contributed by atoms with Gasteiger partial charge in [-0.05, 0) is 31.5 Å². The molecule has 1 aromatic rings. The van der Waals surface area contributed by atoms with Crippen LogP contribution >= 0.6 is 0 Å². The van der Waals surface area contributed by atoms with Crippen molar-refractivity contribution < 1.29 is 13.5 Å². The van der Waals surface area contributed by atoms with Crippen molar-refractivity contribution in [3.8, 4) is 5.75 Å². The Balaban J connectivity index is 2.29. The third kappa shape index (κ3) is 2.41. The minimum Gasteiger partial charge on any atom is -0.496 e. The lowest BCUT2D eigenvalue weighted by molar-refractivity contribution is -0.0739. The van der Waals surface area contributed by atoms with E-state index in [-0.39, 0.29) is 11.3 Å². The smallest absolute Gasteiger partial charge is 0.280 e. The lowest BCUT2D eigenvalue weighted by Crippen LogP contribution is -2.39. The number of hydrogen-bond acceptors (Lipinski definition) is 2. The summed E-state index contributed by atoms with van der Waals surface area (Å²) < 4.78 is 33.8. The molecule has 0 bridgehead atoms. The van der Waals surface area contributed by atoms with Gasteiger partial charge in [-0.3, -0.25) is 0 Å². The second kappa shape index (κ2) is 5.00. The van der Waals surface area contributed by atoms with Gasteiger partial charge >= 0.3 is 0 Å². The van der Waals surface area contributed by atoms with Gasteiger partial charge in [-0.25, -0.2) is 8.78 Å². The van der Waals surface area contributed by atoms with E-state index in [4.69, 9.17) is 4.74 Å². The van der Waals surface area contributed by atoms with Crippen molar-refractivity contribution in [2.24, 2.45) is 5.92 Å². The van der Waals surface area contributed by atoms with E-state index < -0.39 is 11.8 Å². The van der Waals surface area contributed by atoms with Gasteiger partial charge in [-0.15, -0.1) is 0 Å². The van der Waals surface area contributed by atoms with Crippen LogP contribution in [-0.2, 0) is 5.92 Å². The lowest BCUT2D eigenvalue weighted by atomic mass is 9.88. The first-order valence-electron chi connectivity index (χ1n) is 5.88. The summed E-state index contributed by atoms with van der Waals surface area (Å²) in [5.41, 5.74) is -0.00352. The zero-order valence-corrected chi connectivity index (χ0v) is 9.88. The zero-order valence-electron chi connectivity index (χ0n) is 9.88. The van der Waals surface area contributed by atoms with Gasteiger partial charge in [-0.1, -0.05) is 12.1 Å². The zero-order chi connectivity index (χ0) is 12.3. The Morgan fingerprint density at radius 2 is 2.12 bits per heavy atom. The number of methoxy groups -OCH3 is 1. The topological polar surface area (TPSA) is 21.3 Å². The third-order valence-electron chi connectivity index (χ3n) is 3.28. The maximum absolute atomic E-state index is 14.4. The highest BCUT2D eigenvalue weighted by Gasteiger charge is 2.43. The molecule has 1 fully saturated rings. The largest absolute Gasteiger partial charge is 0.496 e. The first-order valence-corrected chi connectivity index (χ1v) is 5.88. The second-order valence-corrected chi connectivity index (χ2v) is 4.37. The first-order chi connectivity index (χ1) is 8.16. The highest BCUT2D eigenvalue weighted by atomic mass is 19.3. The van der Waals surface area contributed by atoms with E-state index in [0.717, 1.165) is 13.0 Å². The van der Waals surface area contributed by atoms with Crippen LogP contribution in [-0.4, -0.2) is 20.2 Å². The van der Waals surface area contributed by atoms with Crippen molar-refractivity contribution in [2.75, 3.05) is 20.2 Å². The van der Waals surface area contributed by atoms with Gasteiger partial charge < -0.3 is 10.1 Å². The molecular formula is C13H17F2NO. The molecule has 0 aliphatic carbocycles. The molecule has 1 unspecified atom stereocenters. The highest BCUT2D eigenvalue weighted by molar-refractivity contribution is 5.37. The molecule has 1 aliphatic heterocycles. The molecule has 1 aliphatic rings. The van der Waals surface area contributed by atoms with Gasteiger partial charge in [0.25, 0.3) is 5.92 Å². The normalized spacial score (nSPS) is 21.2. The Morgan fingerprint density at radius 1 is 1.35 bits per heavy atom. The molecule has 0 saturated carbocycles. The average molecular weight is 241 g/mol. The molecule has 17 heavy (non-hydrogen) atoms. The molecule has 0 spiro atoms. The number of hydrogen-bond donors (Lipinski definition) is 1. The summed E-state index contributed by atoms with van der Waals surface area (Å²) in [7, 11) is 1.42. The Bertz CT molecular complexity index is 375. The summed E-state index contributed by atoms with van der Waals surface area (Å²) in [5, 5.41) is 3.03. The Labute approximate surface area is 100.0 Å². The summed E-state index contributed by atoms with van der Waals surface area (Å²) >= 11 is 0. The standard InChI is InChI=1S/C13H17F2NO/c1-17-12-7-3-2-6-11(12)13(14,15)10-5-4-8-16-9-10/h2-3,6-7,10,16H,4-5,8-9H2,1H3. The van der Waals surface area contributed by atoms with Crippen LogP contribution in [0.15, 0.2) is 24.3 Å². The Morgan fingerprint density at radius 3 is 2.76 bits per heavy atom. The van der Waals surface area contributed by atoms with Crippen molar-refractivity contribution in [3.05, 3.63) is 29.8 Å². The lowest BCUT2D eigenvalue weighted by Gasteiger charge is -2.31. The SMILES string of the molecule is COc1ccccc1C(F)(F)C1CCCNC1. The molecule has 1 atom stereocenters. The van der Waals surface area contributed by atoms with E-state index in [1.165, 1.54) is 13.2 Å². The summed E-state index contributed by atoms with van der Waals surface area (Å²) in [6, 6.07) is 6.37. The van der Waals surface area contributed by atoms with Crippen molar-refractivity contribution in [1.29, 1.82) is 0 Å². The quantitative estimate of drug-likeness (QED) is 0.878. The molecule has 0 aromatic heterocycles. The van der Waals surface area contributed by atoms with E-state index >= 15 is 0 Å². The van der Waals surface area contributed by atoms with Crippen LogP contribution in [0.4, 0.5) is 8.78 Å². The Kier molecular flexibility index (Phi) is 3.62. The van der Waals surface area contributed by atoms with E-state index in [0.29, 0.717) is 13.0 Å². The second-order valence-electron chi connectivity index (χ2n) is 4.37. The summed E-state index contributed by atoms with van der Waals surface area (Å²) in [6.07, 6.45) is 1.35. The third-order valence-corrected chi connectivity index (χ3v) is 3.28. The summed E-state index contributed by atoms with van der Waals surface area (Å²) in [6.45, 7) is 1.20. The molecule has 4 heteroatoms. The fourth-order valence-corrected chi connectivity index (χ4v) is 2.30. The highest BCUT2D eigenvalue weighted by Crippen LogP contribution is 2.42. The number of para-hydroxylation sites is 1. The fourth-order valence-electron chi connectivity index (χ4n) is 2.30. The maximum atomic E-state index is 14.4. The van der Waals surface area contributed by atoms with Crippen molar-refractivity contribution in [3.63, 3.8) is 0 Å². The number of piperidine rings is 1. The van der Waals surface area contributed by atoms with Gasteiger partial charge in [0.1, 0.15) is 5.75 Å². The summed E-state index contributed by atoms with van der Waals surface area (Å²) in [5.74, 6) is -3.21. The first kappa shape index (κ1) is 12.3. The van der Waals surface area contributed by atoms with Gasteiger partial charge in [0.2, 0.25) is 0 Å². The number of halogens is 2. The van der Waals surface area contributed by atoms with E-state index in [2.05, 4.69) is 5.32 Å². The number of benzene rings is 1. The van der Waals surface area contributed by atoms with Crippen molar-refractivity contribution in [1.82, 2.24) is 5.32 Å². The van der Waals surface area contributed by atoms with Gasteiger partial charge in [0, 0.05) is 12.5 Å². The molecule has 0 amide bonds. The van der Waals surface area contributed by atoms with Crippen LogP contribution in [0.2, 0.25) is 0 Å². The molecule has 2 nitrogen and oxygen atoms in total. The van der Waals surface area contributed by atoms with E-state index in [9.17, 15) is 8.78 Å². The predicted octanol–water partition coefficient (Wildman–Crippen LogP) is 2.79. The van der Waals surface area contributed by atoms with Crippen LogP contribution in [0.3, 0.4) is 0 Å². The van der Waals surface area contributed by atoms with E-state index in [1.54, 1.807) is 18.2 Å². The van der Waals surface area contributed by atoms with Gasteiger partial charge in [0.15, 0.2) is 0 Å². The van der Waals surface area contributed by atoms with Crippen molar-refractivity contribution in [2.45, 2.75) is 18.8 Å². The molecule has 0 radical (unpaired) electrons. The molecule has 1 saturated heterocycles. The molecule has 1 heterocycles. The molecule has 2 rings (SSSR count). The predicted molar refractivity (Wildman–Crippen MR) is 62.5 cm³/mol.